The van der Waals surface area contributed by atoms with E-state index < -0.39 is 0 Å². The highest BCUT2D eigenvalue weighted by atomic mass is 32.2. The number of aryl methyl sites for hydroxylation is 1. The summed E-state index contributed by atoms with van der Waals surface area (Å²) in [5.74, 6) is 5.03. The summed E-state index contributed by atoms with van der Waals surface area (Å²) in [7, 11) is 0. The Bertz CT molecular complexity index is 734. The van der Waals surface area contributed by atoms with Gasteiger partial charge in [0, 0.05) is 17.1 Å². The van der Waals surface area contributed by atoms with Gasteiger partial charge in [0.1, 0.15) is 5.75 Å². The van der Waals surface area contributed by atoms with Gasteiger partial charge in [0.25, 0.3) is 0 Å². The van der Waals surface area contributed by atoms with Crippen molar-refractivity contribution >= 4 is 23.5 Å². The first-order valence-electron chi connectivity index (χ1n) is 19.7. The van der Waals surface area contributed by atoms with Crippen LogP contribution in [0.2, 0.25) is 0 Å². The van der Waals surface area contributed by atoms with E-state index in [-0.39, 0.29) is 0 Å². The van der Waals surface area contributed by atoms with E-state index in [1.54, 1.807) is 0 Å². The molecule has 0 aliphatic rings. The van der Waals surface area contributed by atoms with E-state index in [9.17, 15) is 5.11 Å². The van der Waals surface area contributed by atoms with Crippen LogP contribution in [0.3, 0.4) is 0 Å². The molecule has 1 aromatic rings. The molecule has 0 aliphatic carbocycles. The molecule has 0 heterocycles. The van der Waals surface area contributed by atoms with E-state index >= 15 is 0 Å². The van der Waals surface area contributed by atoms with Gasteiger partial charge in [-0.15, -0.1) is 0 Å². The molecule has 0 saturated carbocycles. The van der Waals surface area contributed by atoms with Crippen molar-refractivity contribution in [2.75, 3.05) is 11.5 Å². The molecule has 0 atom stereocenters. The van der Waals surface area contributed by atoms with Gasteiger partial charge in [0.15, 0.2) is 0 Å². The minimum Gasteiger partial charge on any atom is -0.508 e. The Labute approximate surface area is 285 Å². The Kier molecular flexibility index (Phi) is 31.0. The van der Waals surface area contributed by atoms with Gasteiger partial charge in [-0.3, -0.25) is 0 Å². The fraction of sp³-hybridized carbons (Fsp3) is 0.854. The average molecular weight is 649 g/mol. The molecule has 0 amide bonds. The number of rotatable bonds is 34. The van der Waals surface area contributed by atoms with Crippen molar-refractivity contribution in [1.82, 2.24) is 0 Å². The Hall–Kier alpha value is -0.280. The molecule has 1 rings (SSSR count). The third kappa shape index (κ3) is 24.9. The quantitative estimate of drug-likeness (QED) is 0.0751. The number of hydrogen-bond acceptors (Lipinski definition) is 3. The highest BCUT2D eigenvalue weighted by molar-refractivity contribution is 7.98. The molecule has 0 spiro atoms. The van der Waals surface area contributed by atoms with Crippen molar-refractivity contribution in [2.24, 2.45) is 0 Å². The maximum atomic E-state index is 11.0. The summed E-state index contributed by atoms with van der Waals surface area (Å²) in [5, 5.41) is 11.0. The first-order chi connectivity index (χ1) is 21.7. The number of phenolic OH excluding ortho intramolecular Hbond substituents is 1. The zero-order chi connectivity index (χ0) is 31.8. The number of hydrogen-bond donors (Lipinski definition) is 1. The van der Waals surface area contributed by atoms with Crippen molar-refractivity contribution < 1.29 is 5.11 Å². The van der Waals surface area contributed by atoms with E-state index in [1.165, 1.54) is 208 Å². The van der Waals surface area contributed by atoms with Crippen molar-refractivity contribution in [1.29, 1.82) is 0 Å². The first kappa shape index (κ1) is 41.7. The molecule has 1 nitrogen and oxygen atoms in total. The average Bonchev–Trinajstić information content (AvgIpc) is 3.03. The van der Waals surface area contributed by atoms with Gasteiger partial charge in [-0.25, -0.2) is 0 Å². The summed E-state index contributed by atoms with van der Waals surface area (Å²) in [6.07, 6.45) is 38.7. The molecule has 0 unspecified atom stereocenters. The molecule has 1 N–H and O–H groups in total. The first-order valence-corrected chi connectivity index (χ1v) is 22.0. The van der Waals surface area contributed by atoms with Crippen LogP contribution in [-0.4, -0.2) is 16.6 Å². The van der Waals surface area contributed by atoms with Crippen molar-refractivity contribution in [3.05, 3.63) is 28.8 Å². The van der Waals surface area contributed by atoms with E-state index in [2.05, 4.69) is 44.7 Å². The molecule has 0 aliphatic heterocycles. The standard InChI is InChI=1S/C41H76OS2/c1-4-7-10-13-16-18-20-23-26-29-32-43-36-39-35-41(42)40(34-38(39)31-28-25-22-15-12-9-6-3)37-44-33-30-27-24-21-19-17-14-11-8-5-2/h34-35,42H,4-33,36-37H2,1-3H3. The smallest absolute Gasteiger partial charge is 0.119 e. The van der Waals surface area contributed by atoms with E-state index in [1.807, 2.05) is 11.8 Å². The summed E-state index contributed by atoms with van der Waals surface area (Å²) in [5.41, 5.74) is 4.08. The van der Waals surface area contributed by atoms with Crippen LogP contribution in [0.4, 0.5) is 0 Å². The molecule has 0 saturated heterocycles. The van der Waals surface area contributed by atoms with E-state index in [0.29, 0.717) is 5.75 Å². The van der Waals surface area contributed by atoms with Crippen LogP contribution in [0.5, 0.6) is 5.75 Å². The van der Waals surface area contributed by atoms with Gasteiger partial charge in [0.2, 0.25) is 0 Å². The number of aromatic hydroxyl groups is 1. The molecule has 1 aromatic carbocycles. The lowest BCUT2D eigenvalue weighted by atomic mass is 9.98. The van der Waals surface area contributed by atoms with Crippen molar-refractivity contribution in [2.45, 2.75) is 212 Å². The molecule has 3 heteroatoms. The Morgan fingerprint density at radius 2 is 0.727 bits per heavy atom. The molecule has 0 radical (unpaired) electrons. The van der Waals surface area contributed by atoms with Crippen molar-refractivity contribution in [3.8, 4) is 5.75 Å². The van der Waals surface area contributed by atoms with Crippen LogP contribution in [0.25, 0.3) is 0 Å². The maximum Gasteiger partial charge on any atom is 0.119 e. The van der Waals surface area contributed by atoms with Crippen molar-refractivity contribution in [3.63, 3.8) is 0 Å². The number of thioether (sulfide) groups is 2. The third-order valence-corrected chi connectivity index (χ3v) is 11.4. The van der Waals surface area contributed by atoms with E-state index in [4.69, 9.17) is 0 Å². The van der Waals surface area contributed by atoms with E-state index in [0.717, 1.165) is 11.5 Å². The van der Waals surface area contributed by atoms with Gasteiger partial charge < -0.3 is 5.11 Å². The van der Waals surface area contributed by atoms with Gasteiger partial charge in [-0.05, 0) is 54.4 Å². The Morgan fingerprint density at radius 3 is 1.14 bits per heavy atom. The topological polar surface area (TPSA) is 20.2 Å². The Morgan fingerprint density at radius 1 is 0.386 bits per heavy atom. The molecule has 44 heavy (non-hydrogen) atoms. The zero-order valence-corrected chi connectivity index (χ0v) is 31.7. The lowest BCUT2D eigenvalue weighted by molar-refractivity contribution is 0.469. The molecule has 0 aromatic heterocycles. The van der Waals surface area contributed by atoms with Crippen LogP contribution >= 0.6 is 23.5 Å². The lowest BCUT2D eigenvalue weighted by Gasteiger charge is -2.14. The third-order valence-electron chi connectivity index (χ3n) is 9.25. The second-order valence-electron chi connectivity index (χ2n) is 13.6. The number of benzene rings is 1. The molecule has 0 fully saturated rings. The summed E-state index contributed by atoms with van der Waals surface area (Å²) in [6.45, 7) is 6.89. The molecule has 0 bridgehead atoms. The molecule has 258 valence electrons. The maximum absolute atomic E-state index is 11.0. The summed E-state index contributed by atoms with van der Waals surface area (Å²) < 4.78 is 0. The molecular weight excluding hydrogens is 573 g/mol. The minimum absolute atomic E-state index is 0.540. The van der Waals surface area contributed by atoms with Gasteiger partial charge in [-0.2, -0.15) is 23.5 Å². The van der Waals surface area contributed by atoms with Crippen LogP contribution in [-0.2, 0) is 17.9 Å². The fourth-order valence-electron chi connectivity index (χ4n) is 6.23. The second-order valence-corrected chi connectivity index (χ2v) is 15.8. The summed E-state index contributed by atoms with van der Waals surface area (Å²) in [4.78, 5) is 0. The van der Waals surface area contributed by atoms with Gasteiger partial charge >= 0.3 is 0 Å². The van der Waals surface area contributed by atoms with Crippen LogP contribution in [0.15, 0.2) is 12.1 Å². The minimum atomic E-state index is 0.540. The predicted octanol–water partition coefficient (Wildman–Crippen LogP) is 15.0. The second kappa shape index (κ2) is 32.7. The monoisotopic (exact) mass is 649 g/mol. The number of phenols is 1. The zero-order valence-electron chi connectivity index (χ0n) is 30.0. The Balaban J connectivity index is 2.38. The van der Waals surface area contributed by atoms with Crippen LogP contribution in [0.1, 0.15) is 211 Å². The van der Waals surface area contributed by atoms with Gasteiger partial charge in [0.05, 0.1) is 0 Å². The van der Waals surface area contributed by atoms with Gasteiger partial charge in [-0.1, -0.05) is 181 Å². The van der Waals surface area contributed by atoms with Crippen LogP contribution < -0.4 is 0 Å². The fourth-order valence-corrected chi connectivity index (χ4v) is 8.27. The largest absolute Gasteiger partial charge is 0.508 e. The number of unbranched alkanes of at least 4 members (excludes halogenated alkanes) is 24. The molecular formula is C41H76OS2. The normalized spacial score (nSPS) is 11.5. The predicted molar refractivity (Wildman–Crippen MR) is 206 cm³/mol. The van der Waals surface area contributed by atoms with Crippen LogP contribution in [0, 0.1) is 0 Å². The SMILES string of the molecule is CCCCCCCCCCCCSCc1cc(CCCCCCCCC)c(CSCCCCCCCCCCCC)cc1O. The summed E-state index contributed by atoms with van der Waals surface area (Å²) in [6, 6.07) is 4.52. The highest BCUT2D eigenvalue weighted by Crippen LogP contribution is 2.30. The highest BCUT2D eigenvalue weighted by Gasteiger charge is 2.11. The lowest BCUT2D eigenvalue weighted by Crippen LogP contribution is -1.98. The summed E-state index contributed by atoms with van der Waals surface area (Å²) >= 11 is 4.11.